The maximum atomic E-state index is 13.0. The van der Waals surface area contributed by atoms with Crippen LogP contribution >= 0.6 is 0 Å². The van der Waals surface area contributed by atoms with Crippen LogP contribution in [0.2, 0.25) is 0 Å². The Morgan fingerprint density at radius 3 is 2.65 bits per heavy atom. The van der Waals surface area contributed by atoms with E-state index in [1.165, 1.54) is 18.2 Å². The number of likely N-dealkylation sites (tertiary alicyclic amines) is 1. The number of rotatable bonds is 2. The number of hydrogen-bond donors (Lipinski definition) is 1. The van der Waals surface area contributed by atoms with Crippen LogP contribution in [0.25, 0.3) is 0 Å². The highest BCUT2D eigenvalue weighted by Crippen LogP contribution is 2.37. The van der Waals surface area contributed by atoms with Crippen LogP contribution in [0.4, 0.5) is 17.6 Å². The van der Waals surface area contributed by atoms with Crippen molar-refractivity contribution in [3.8, 4) is 0 Å². The summed E-state index contributed by atoms with van der Waals surface area (Å²) in [6.07, 6.45) is -5.49. The third-order valence-electron chi connectivity index (χ3n) is 3.37. The molecule has 110 valence electrons. The first-order valence-electron chi connectivity index (χ1n) is 6.03. The second kappa shape index (κ2) is 5.05. The van der Waals surface area contributed by atoms with Crippen LogP contribution in [0.3, 0.4) is 0 Å². The van der Waals surface area contributed by atoms with Crippen LogP contribution in [0.5, 0.6) is 0 Å². The van der Waals surface area contributed by atoms with Gasteiger partial charge in [0, 0.05) is 13.0 Å². The fourth-order valence-corrected chi connectivity index (χ4v) is 2.17. The predicted molar refractivity (Wildman–Crippen MR) is 62.3 cm³/mol. The van der Waals surface area contributed by atoms with E-state index in [1.54, 1.807) is 0 Å². The van der Waals surface area contributed by atoms with Gasteiger partial charge in [-0.05, 0) is 17.7 Å². The van der Waals surface area contributed by atoms with E-state index in [1.807, 2.05) is 0 Å². The molecule has 1 aromatic carbocycles. The van der Waals surface area contributed by atoms with Crippen LogP contribution in [0.1, 0.15) is 12.0 Å². The van der Waals surface area contributed by atoms with Gasteiger partial charge >= 0.3 is 6.18 Å². The number of amides is 1. The zero-order valence-electron chi connectivity index (χ0n) is 10.5. The van der Waals surface area contributed by atoms with Crippen LogP contribution < -0.4 is 0 Å². The van der Waals surface area contributed by atoms with Crippen molar-refractivity contribution in [2.45, 2.75) is 24.6 Å². The van der Waals surface area contributed by atoms with Crippen LogP contribution in [-0.4, -0.2) is 40.8 Å². The second-order valence-corrected chi connectivity index (χ2v) is 4.90. The minimum Gasteiger partial charge on any atom is -0.379 e. The molecule has 1 aliphatic rings. The highest BCUT2D eigenvalue weighted by atomic mass is 19.4. The van der Waals surface area contributed by atoms with Gasteiger partial charge < -0.3 is 10.0 Å². The van der Waals surface area contributed by atoms with E-state index in [4.69, 9.17) is 0 Å². The molecule has 1 aromatic rings. The molecule has 1 aliphatic heterocycles. The molecule has 0 radical (unpaired) electrons. The Balaban J connectivity index is 2.02. The van der Waals surface area contributed by atoms with Gasteiger partial charge in [-0.1, -0.05) is 12.1 Å². The molecular formula is C13H13F4NO2. The van der Waals surface area contributed by atoms with Crippen molar-refractivity contribution < 1.29 is 27.5 Å². The molecule has 1 heterocycles. The Kier molecular flexibility index (Phi) is 3.73. The topological polar surface area (TPSA) is 40.5 Å². The van der Waals surface area contributed by atoms with Gasteiger partial charge in [-0.3, -0.25) is 4.79 Å². The Morgan fingerprint density at radius 1 is 1.40 bits per heavy atom. The summed E-state index contributed by atoms with van der Waals surface area (Å²) < 4.78 is 50.8. The number of carbonyl (C=O) groups excluding carboxylic acids is 1. The van der Waals surface area contributed by atoms with Crippen molar-refractivity contribution >= 4 is 5.91 Å². The second-order valence-electron chi connectivity index (χ2n) is 4.90. The molecule has 0 bridgehead atoms. The minimum absolute atomic E-state index is 0.163. The molecule has 1 saturated heterocycles. The molecule has 7 heteroatoms. The molecule has 2 rings (SSSR count). The van der Waals surface area contributed by atoms with E-state index < -0.39 is 36.5 Å². The number of aliphatic hydroxyl groups is 1. The van der Waals surface area contributed by atoms with E-state index in [2.05, 4.69) is 0 Å². The molecule has 3 nitrogen and oxygen atoms in total. The molecule has 0 spiro atoms. The number of carbonyl (C=O) groups is 1. The lowest BCUT2D eigenvalue weighted by Gasteiger charge is -2.25. The zero-order chi connectivity index (χ0) is 15.0. The van der Waals surface area contributed by atoms with Crippen molar-refractivity contribution in [1.29, 1.82) is 0 Å². The molecule has 0 aromatic heterocycles. The summed E-state index contributed by atoms with van der Waals surface area (Å²) in [4.78, 5) is 12.8. The predicted octanol–water partition coefficient (Wildman–Crippen LogP) is 1.89. The summed E-state index contributed by atoms with van der Waals surface area (Å²) in [5.41, 5.74) is -2.46. The van der Waals surface area contributed by atoms with Crippen LogP contribution in [-0.2, 0) is 11.2 Å². The summed E-state index contributed by atoms with van der Waals surface area (Å²) in [5, 5.41) is 9.48. The van der Waals surface area contributed by atoms with Crippen molar-refractivity contribution in [3.05, 3.63) is 35.6 Å². The third kappa shape index (κ3) is 2.92. The summed E-state index contributed by atoms with van der Waals surface area (Å²) >= 11 is 0. The van der Waals surface area contributed by atoms with E-state index in [0.29, 0.717) is 5.56 Å². The average molecular weight is 291 g/mol. The van der Waals surface area contributed by atoms with Gasteiger partial charge in [-0.2, -0.15) is 13.2 Å². The number of benzene rings is 1. The molecule has 20 heavy (non-hydrogen) atoms. The summed E-state index contributed by atoms with van der Waals surface area (Å²) in [5.74, 6) is -1.07. The number of halogens is 4. The van der Waals surface area contributed by atoms with Gasteiger partial charge in [0.05, 0.1) is 13.0 Å². The first-order valence-corrected chi connectivity index (χ1v) is 6.03. The lowest BCUT2D eigenvalue weighted by Crippen LogP contribution is -2.48. The quantitative estimate of drug-likeness (QED) is 0.845. The smallest absolute Gasteiger partial charge is 0.379 e. The zero-order valence-corrected chi connectivity index (χ0v) is 10.5. The van der Waals surface area contributed by atoms with Crippen molar-refractivity contribution in [2.24, 2.45) is 0 Å². The molecular weight excluding hydrogens is 278 g/mol. The van der Waals surface area contributed by atoms with E-state index in [0.717, 1.165) is 11.0 Å². The van der Waals surface area contributed by atoms with Gasteiger partial charge in [0.15, 0.2) is 5.60 Å². The van der Waals surface area contributed by atoms with Crippen molar-refractivity contribution in [3.63, 3.8) is 0 Å². The van der Waals surface area contributed by atoms with E-state index in [-0.39, 0.29) is 13.0 Å². The molecule has 1 atom stereocenters. The van der Waals surface area contributed by atoms with Gasteiger partial charge in [0.2, 0.25) is 5.91 Å². The Labute approximate surface area is 112 Å². The van der Waals surface area contributed by atoms with Gasteiger partial charge in [-0.15, -0.1) is 0 Å². The number of nitrogens with zero attached hydrogens (tertiary/aromatic N) is 1. The number of β-amino-alcohol motifs (C(OH)–C–C–N with tert-alkyl or cyclic N) is 1. The summed E-state index contributed by atoms with van der Waals surface area (Å²) in [7, 11) is 0. The molecule has 1 unspecified atom stereocenters. The highest BCUT2D eigenvalue weighted by Gasteiger charge is 2.57. The normalized spacial score (nSPS) is 23.1. The number of alkyl halides is 3. The van der Waals surface area contributed by atoms with Gasteiger partial charge in [0.1, 0.15) is 5.82 Å². The number of hydrogen-bond acceptors (Lipinski definition) is 2. The van der Waals surface area contributed by atoms with Crippen LogP contribution in [0.15, 0.2) is 24.3 Å². The van der Waals surface area contributed by atoms with Crippen molar-refractivity contribution in [1.82, 2.24) is 4.90 Å². The minimum atomic E-state index is -4.76. The first kappa shape index (κ1) is 14.8. The average Bonchev–Trinajstić information content (AvgIpc) is 2.73. The largest absolute Gasteiger partial charge is 0.419 e. The third-order valence-corrected chi connectivity index (χ3v) is 3.37. The molecule has 0 aliphatic carbocycles. The standard InChI is InChI=1S/C13H13F4NO2/c14-10-3-1-2-9(6-10)7-11(19)18-5-4-12(20,8-18)13(15,16)17/h1-3,6,20H,4-5,7-8H2. The highest BCUT2D eigenvalue weighted by molar-refractivity contribution is 5.79. The summed E-state index contributed by atoms with van der Waals surface area (Å²) in [6, 6.07) is 5.32. The Morgan fingerprint density at radius 2 is 2.10 bits per heavy atom. The van der Waals surface area contributed by atoms with E-state index in [9.17, 15) is 27.5 Å². The summed E-state index contributed by atoms with van der Waals surface area (Å²) in [6.45, 7) is -0.936. The molecule has 0 saturated carbocycles. The fraction of sp³-hybridized carbons (Fsp3) is 0.462. The lowest BCUT2D eigenvalue weighted by molar-refractivity contribution is -0.253. The molecule has 1 N–H and O–H groups in total. The Bertz CT molecular complexity index is 517. The molecule has 1 amide bonds. The van der Waals surface area contributed by atoms with Gasteiger partial charge in [-0.25, -0.2) is 4.39 Å². The SMILES string of the molecule is O=C(Cc1cccc(F)c1)N1CCC(O)(C(F)(F)F)C1. The van der Waals surface area contributed by atoms with Gasteiger partial charge in [0.25, 0.3) is 0 Å². The van der Waals surface area contributed by atoms with E-state index >= 15 is 0 Å². The monoisotopic (exact) mass is 291 g/mol. The maximum absolute atomic E-state index is 13.0. The Hall–Kier alpha value is -1.63. The van der Waals surface area contributed by atoms with Crippen molar-refractivity contribution in [2.75, 3.05) is 13.1 Å². The van der Waals surface area contributed by atoms with Crippen LogP contribution in [0, 0.1) is 5.82 Å². The fourth-order valence-electron chi connectivity index (χ4n) is 2.17. The maximum Gasteiger partial charge on any atom is 0.419 e. The first-order chi connectivity index (χ1) is 9.21. The molecule has 1 fully saturated rings. The lowest BCUT2D eigenvalue weighted by atomic mass is 10.0.